The molecule has 0 unspecified atom stereocenters. The van der Waals surface area contributed by atoms with Crippen molar-refractivity contribution >= 4 is 11.0 Å². The first-order valence-corrected chi connectivity index (χ1v) is 6.86. The Kier molecular flexibility index (Phi) is 3.90. The molecule has 0 saturated carbocycles. The van der Waals surface area contributed by atoms with E-state index in [1.807, 2.05) is 0 Å². The molecule has 0 aliphatic heterocycles. The Morgan fingerprint density at radius 1 is 1.16 bits per heavy atom. The van der Waals surface area contributed by atoms with Gasteiger partial charge in [0.05, 0.1) is 25.1 Å². The fraction of sp³-hybridized carbons (Fsp3) is 0.200. The quantitative estimate of drug-likeness (QED) is 0.662. The number of halogens is 4. The molecule has 0 bridgehead atoms. The number of fused-ring (bicyclic) bond motifs is 1. The zero-order valence-electron chi connectivity index (χ0n) is 12.9. The number of alkyl halides is 3. The largest absolute Gasteiger partial charge is 0.491 e. The second kappa shape index (κ2) is 5.80. The third-order valence-corrected chi connectivity index (χ3v) is 3.49. The molecule has 130 valence electrons. The van der Waals surface area contributed by atoms with Crippen LogP contribution in [0.2, 0.25) is 0 Å². The highest BCUT2D eigenvalue weighted by molar-refractivity contribution is 5.84. The van der Waals surface area contributed by atoms with Gasteiger partial charge in [0.2, 0.25) is 0 Å². The summed E-state index contributed by atoms with van der Waals surface area (Å²) < 4.78 is 59.6. The van der Waals surface area contributed by atoms with Gasteiger partial charge in [-0.1, -0.05) is 0 Å². The van der Waals surface area contributed by atoms with E-state index in [1.165, 1.54) is 7.05 Å². The molecule has 0 atom stereocenters. The number of rotatable bonds is 2. The monoisotopic (exact) mass is 354 g/mol. The van der Waals surface area contributed by atoms with Crippen molar-refractivity contribution in [2.45, 2.75) is 6.18 Å². The molecule has 3 rings (SSSR count). The zero-order chi connectivity index (χ0) is 18.4. The number of pyridine rings is 2. The fourth-order valence-electron chi connectivity index (χ4n) is 2.37. The predicted octanol–water partition coefficient (Wildman–Crippen LogP) is 2.56. The summed E-state index contributed by atoms with van der Waals surface area (Å²) in [6.07, 6.45) is -2.99. The van der Waals surface area contributed by atoms with Crippen LogP contribution in [0.1, 0.15) is 5.69 Å². The maximum Gasteiger partial charge on any atom is 0.434 e. The Morgan fingerprint density at radius 3 is 2.52 bits per heavy atom. The lowest BCUT2D eigenvalue weighted by molar-refractivity contribution is -0.140. The molecule has 0 aliphatic carbocycles. The number of ether oxygens (including phenoxy) is 1. The maximum absolute atomic E-state index is 13.4. The topological polar surface area (TPSA) is 69.9 Å². The van der Waals surface area contributed by atoms with Crippen LogP contribution >= 0.6 is 0 Å². The Bertz CT molecular complexity index is 1030. The number of methoxy groups -OCH3 is 1. The molecule has 10 heteroatoms. The Balaban J connectivity index is 2.42. The predicted molar refractivity (Wildman–Crippen MR) is 79.5 cm³/mol. The molecule has 0 spiro atoms. The highest BCUT2D eigenvalue weighted by Gasteiger charge is 2.37. The molecule has 0 aromatic carbocycles. The van der Waals surface area contributed by atoms with Crippen LogP contribution in [0.15, 0.2) is 29.3 Å². The average molecular weight is 354 g/mol. The van der Waals surface area contributed by atoms with Crippen molar-refractivity contribution in [3.63, 3.8) is 0 Å². The number of hydrogen-bond acceptors (Lipinski definition) is 5. The van der Waals surface area contributed by atoms with Gasteiger partial charge in [-0.15, -0.1) is 0 Å². The van der Waals surface area contributed by atoms with E-state index in [4.69, 9.17) is 4.74 Å². The van der Waals surface area contributed by atoms with Crippen LogP contribution in [0.3, 0.4) is 0 Å². The van der Waals surface area contributed by atoms with E-state index in [2.05, 4.69) is 15.1 Å². The first kappa shape index (κ1) is 16.8. The summed E-state index contributed by atoms with van der Waals surface area (Å²) in [7, 11) is 2.49. The summed E-state index contributed by atoms with van der Waals surface area (Å²) in [5, 5.41) is 3.77. The minimum Gasteiger partial charge on any atom is -0.491 e. The lowest BCUT2D eigenvalue weighted by atomic mass is 10.0. The van der Waals surface area contributed by atoms with E-state index >= 15 is 0 Å². The van der Waals surface area contributed by atoms with Crippen LogP contribution in [-0.2, 0) is 13.2 Å². The van der Waals surface area contributed by atoms with Crippen molar-refractivity contribution in [3.8, 4) is 16.9 Å². The second-order valence-electron chi connectivity index (χ2n) is 5.10. The van der Waals surface area contributed by atoms with Crippen LogP contribution in [0.25, 0.3) is 22.2 Å². The van der Waals surface area contributed by atoms with Crippen molar-refractivity contribution < 1.29 is 22.3 Å². The van der Waals surface area contributed by atoms with Crippen molar-refractivity contribution in [2.24, 2.45) is 7.05 Å². The Hall–Kier alpha value is -3.04. The van der Waals surface area contributed by atoms with E-state index in [0.29, 0.717) is 0 Å². The third-order valence-electron chi connectivity index (χ3n) is 3.49. The Labute approximate surface area is 137 Å². The van der Waals surface area contributed by atoms with Gasteiger partial charge in [0.1, 0.15) is 5.82 Å². The van der Waals surface area contributed by atoms with Gasteiger partial charge in [0, 0.05) is 18.0 Å². The molecule has 3 heterocycles. The molecular formula is C15H10F4N4O2. The van der Waals surface area contributed by atoms with Crippen molar-refractivity contribution in [1.82, 2.24) is 19.7 Å². The normalized spacial score (nSPS) is 11.8. The van der Waals surface area contributed by atoms with Crippen molar-refractivity contribution in [1.29, 1.82) is 0 Å². The first-order valence-electron chi connectivity index (χ1n) is 6.86. The molecule has 3 aromatic heterocycles. The summed E-state index contributed by atoms with van der Waals surface area (Å²) >= 11 is 0. The van der Waals surface area contributed by atoms with E-state index in [0.717, 1.165) is 36.3 Å². The summed E-state index contributed by atoms with van der Waals surface area (Å²) in [6.45, 7) is 0. The van der Waals surface area contributed by atoms with Crippen LogP contribution in [0.5, 0.6) is 5.75 Å². The molecule has 0 N–H and O–H groups in total. The van der Waals surface area contributed by atoms with Crippen LogP contribution < -0.4 is 10.3 Å². The maximum atomic E-state index is 13.4. The molecule has 0 radical (unpaired) electrons. The molecule has 6 nitrogen and oxygen atoms in total. The number of hydrogen-bond donors (Lipinski definition) is 0. The standard InChI is InChI=1S/C15H10F4N4O2/c1-23-14(24)11(25-2)10(6-21-23)9-4-7-3-8(16)5-20-13(7)22-12(9)15(17,18)19/h3-6H,1-2H3. The van der Waals surface area contributed by atoms with Gasteiger partial charge >= 0.3 is 11.7 Å². The first-order chi connectivity index (χ1) is 11.7. The van der Waals surface area contributed by atoms with Crippen LogP contribution in [0, 0.1) is 5.82 Å². The van der Waals surface area contributed by atoms with Gasteiger partial charge in [-0.05, 0) is 12.1 Å². The van der Waals surface area contributed by atoms with E-state index in [-0.39, 0.29) is 22.3 Å². The second-order valence-corrected chi connectivity index (χ2v) is 5.10. The SMILES string of the molecule is COc1c(-c2cc3cc(F)cnc3nc2C(F)(F)F)cnn(C)c1=O. The minimum absolute atomic E-state index is 0.0470. The Morgan fingerprint density at radius 2 is 1.88 bits per heavy atom. The van der Waals surface area contributed by atoms with Gasteiger partial charge in [0.15, 0.2) is 17.1 Å². The summed E-state index contributed by atoms with van der Waals surface area (Å²) in [5.41, 5.74) is -2.91. The van der Waals surface area contributed by atoms with E-state index in [1.54, 1.807) is 0 Å². The summed E-state index contributed by atoms with van der Waals surface area (Å²) in [5.74, 6) is -1.05. The highest BCUT2D eigenvalue weighted by Crippen LogP contribution is 2.39. The average Bonchev–Trinajstić information content (AvgIpc) is 2.55. The molecule has 25 heavy (non-hydrogen) atoms. The van der Waals surface area contributed by atoms with Crippen molar-refractivity contribution in [3.05, 3.63) is 46.4 Å². The van der Waals surface area contributed by atoms with Gasteiger partial charge in [-0.3, -0.25) is 4.79 Å². The lowest BCUT2D eigenvalue weighted by Gasteiger charge is -2.15. The number of aromatic nitrogens is 4. The summed E-state index contributed by atoms with van der Waals surface area (Å²) in [4.78, 5) is 19.1. The van der Waals surface area contributed by atoms with E-state index < -0.39 is 28.8 Å². The zero-order valence-corrected chi connectivity index (χ0v) is 12.9. The fourth-order valence-corrected chi connectivity index (χ4v) is 2.37. The molecular weight excluding hydrogens is 344 g/mol. The van der Waals surface area contributed by atoms with Gasteiger partial charge in [-0.2, -0.15) is 18.3 Å². The van der Waals surface area contributed by atoms with Crippen LogP contribution in [-0.4, -0.2) is 26.9 Å². The minimum atomic E-state index is -4.83. The number of aryl methyl sites for hydroxylation is 1. The lowest BCUT2D eigenvalue weighted by Crippen LogP contribution is -2.22. The highest BCUT2D eigenvalue weighted by atomic mass is 19.4. The van der Waals surface area contributed by atoms with Gasteiger partial charge < -0.3 is 4.74 Å². The van der Waals surface area contributed by atoms with Gasteiger partial charge in [0.25, 0.3) is 0 Å². The van der Waals surface area contributed by atoms with Crippen molar-refractivity contribution in [2.75, 3.05) is 7.11 Å². The van der Waals surface area contributed by atoms with Crippen LogP contribution in [0.4, 0.5) is 17.6 Å². The molecule has 3 aromatic rings. The molecule has 0 saturated heterocycles. The molecule has 0 fully saturated rings. The smallest absolute Gasteiger partial charge is 0.434 e. The third kappa shape index (κ3) is 2.90. The van der Waals surface area contributed by atoms with Gasteiger partial charge in [-0.25, -0.2) is 19.0 Å². The molecule has 0 amide bonds. The molecule has 0 aliphatic rings. The summed E-state index contributed by atoms with van der Waals surface area (Å²) in [6, 6.07) is 2.06. The number of nitrogens with zero attached hydrogens (tertiary/aromatic N) is 4. The van der Waals surface area contributed by atoms with E-state index in [9.17, 15) is 22.4 Å².